The van der Waals surface area contributed by atoms with Gasteiger partial charge >= 0.3 is 0 Å². The Kier molecular flexibility index (Phi) is 4.36. The van der Waals surface area contributed by atoms with Crippen LogP contribution in [-0.2, 0) is 6.54 Å². The van der Waals surface area contributed by atoms with Gasteiger partial charge in [-0.25, -0.2) is 4.98 Å². The molecule has 0 saturated carbocycles. The summed E-state index contributed by atoms with van der Waals surface area (Å²) in [7, 11) is 0. The summed E-state index contributed by atoms with van der Waals surface area (Å²) in [4.78, 5) is 15.6. The lowest BCUT2D eigenvalue weighted by atomic mass is 10.3. The Labute approximate surface area is 92.2 Å². The van der Waals surface area contributed by atoms with Gasteiger partial charge in [-0.1, -0.05) is 13.3 Å². The molecule has 0 atom stereocenters. The summed E-state index contributed by atoms with van der Waals surface area (Å²) in [6.45, 7) is 2.75. The van der Waals surface area contributed by atoms with Gasteiger partial charge in [-0.15, -0.1) is 0 Å². The summed E-state index contributed by atoms with van der Waals surface area (Å²) in [5, 5.41) is 7.24. The minimum Gasteiger partial charge on any atom is -0.378 e. The first kappa shape index (κ1) is 11.8. The van der Waals surface area contributed by atoms with Crippen LogP contribution < -0.4 is 11.3 Å². The van der Waals surface area contributed by atoms with Crippen LogP contribution in [0.3, 0.4) is 0 Å². The van der Waals surface area contributed by atoms with E-state index in [4.69, 9.17) is 11.1 Å². The molecular formula is C9H14N4OS. The number of hydrogen-bond donors (Lipinski definition) is 2. The Bertz CT molecular complexity index is 401. The molecule has 0 radical (unpaired) electrons. The number of nitrogens with one attached hydrogen (secondary N) is 1. The third-order valence-corrected chi connectivity index (χ3v) is 2.53. The molecule has 82 valence electrons. The molecule has 6 heteroatoms. The molecule has 0 aliphatic heterocycles. The zero-order chi connectivity index (χ0) is 11.3. The topological polar surface area (TPSA) is 84.8 Å². The largest absolute Gasteiger partial charge is 0.378 e. The highest BCUT2D eigenvalue weighted by Gasteiger charge is 2.06. The molecule has 1 rings (SSSR count). The number of thioether (sulfide) groups is 1. The van der Waals surface area contributed by atoms with Crippen LogP contribution in [0.4, 0.5) is 0 Å². The van der Waals surface area contributed by atoms with Crippen molar-refractivity contribution in [2.24, 2.45) is 5.73 Å². The molecule has 0 unspecified atom stereocenters. The molecule has 0 aromatic carbocycles. The van der Waals surface area contributed by atoms with E-state index in [0.717, 1.165) is 24.6 Å². The number of aryl methyl sites for hydroxylation is 1. The Hall–Kier alpha value is -1.30. The molecule has 0 fully saturated rings. The van der Waals surface area contributed by atoms with Crippen LogP contribution in [0.15, 0.2) is 22.2 Å². The second-order valence-electron chi connectivity index (χ2n) is 3.05. The first-order valence-electron chi connectivity index (χ1n) is 4.72. The van der Waals surface area contributed by atoms with Crippen LogP contribution in [0, 0.1) is 5.41 Å². The quantitative estimate of drug-likeness (QED) is 0.456. The number of rotatable bonds is 4. The van der Waals surface area contributed by atoms with Crippen LogP contribution in [0.2, 0.25) is 0 Å². The first-order valence-corrected chi connectivity index (χ1v) is 5.54. The van der Waals surface area contributed by atoms with Crippen LogP contribution in [0.1, 0.15) is 19.8 Å². The lowest BCUT2D eigenvalue weighted by Gasteiger charge is -2.05. The van der Waals surface area contributed by atoms with E-state index in [9.17, 15) is 4.79 Å². The van der Waals surface area contributed by atoms with Gasteiger partial charge in [-0.3, -0.25) is 10.2 Å². The third-order valence-electron chi connectivity index (χ3n) is 1.84. The lowest BCUT2D eigenvalue weighted by molar-refractivity contribution is 0.597. The summed E-state index contributed by atoms with van der Waals surface area (Å²) in [5.41, 5.74) is 5.03. The minimum absolute atomic E-state index is 0.118. The zero-order valence-electron chi connectivity index (χ0n) is 8.56. The van der Waals surface area contributed by atoms with E-state index >= 15 is 0 Å². The van der Waals surface area contributed by atoms with Gasteiger partial charge in [-0.05, 0) is 18.2 Å². The van der Waals surface area contributed by atoms with Crippen LogP contribution >= 0.6 is 11.8 Å². The fourth-order valence-electron chi connectivity index (χ4n) is 1.11. The molecule has 5 nitrogen and oxygen atoms in total. The highest BCUT2D eigenvalue weighted by molar-refractivity contribution is 8.13. The molecule has 15 heavy (non-hydrogen) atoms. The van der Waals surface area contributed by atoms with Gasteiger partial charge in [0.15, 0.2) is 10.2 Å². The van der Waals surface area contributed by atoms with Crippen molar-refractivity contribution in [3.63, 3.8) is 0 Å². The molecule has 0 aliphatic carbocycles. The first-order chi connectivity index (χ1) is 7.15. The molecule has 0 spiro atoms. The average Bonchev–Trinajstić information content (AvgIpc) is 2.19. The second kappa shape index (κ2) is 5.55. The monoisotopic (exact) mass is 226 g/mol. The van der Waals surface area contributed by atoms with Crippen molar-refractivity contribution in [2.75, 3.05) is 0 Å². The van der Waals surface area contributed by atoms with E-state index < -0.39 is 0 Å². The average molecular weight is 226 g/mol. The van der Waals surface area contributed by atoms with Crippen molar-refractivity contribution in [1.29, 1.82) is 5.41 Å². The molecule has 0 saturated heterocycles. The van der Waals surface area contributed by atoms with Crippen molar-refractivity contribution in [2.45, 2.75) is 31.3 Å². The maximum atomic E-state index is 11.7. The Morgan fingerprint density at radius 1 is 1.73 bits per heavy atom. The lowest BCUT2D eigenvalue weighted by Crippen LogP contribution is -2.23. The highest BCUT2D eigenvalue weighted by Crippen LogP contribution is 2.08. The van der Waals surface area contributed by atoms with Gasteiger partial charge < -0.3 is 10.3 Å². The normalized spacial score (nSPS) is 10.2. The van der Waals surface area contributed by atoms with Crippen molar-refractivity contribution in [3.05, 3.63) is 22.7 Å². The van der Waals surface area contributed by atoms with E-state index in [1.165, 1.54) is 0 Å². The summed E-state index contributed by atoms with van der Waals surface area (Å²) in [6, 6.07) is 0. The molecule has 0 aliphatic rings. The fourth-order valence-corrected chi connectivity index (χ4v) is 1.63. The van der Waals surface area contributed by atoms with Crippen LogP contribution in [-0.4, -0.2) is 14.7 Å². The molecule has 3 N–H and O–H groups in total. The number of nitrogens with zero attached hydrogens (tertiary/aromatic N) is 2. The van der Waals surface area contributed by atoms with Gasteiger partial charge in [-0.2, -0.15) is 0 Å². The SMILES string of the molecule is CCCCn1ccnc(SC(=N)N)c1=O. The highest BCUT2D eigenvalue weighted by atomic mass is 32.2. The van der Waals surface area contributed by atoms with Crippen LogP contribution in [0.25, 0.3) is 0 Å². The number of nitrogens with two attached hydrogens (primary N) is 1. The second-order valence-corrected chi connectivity index (χ2v) is 4.08. The maximum absolute atomic E-state index is 11.7. The zero-order valence-corrected chi connectivity index (χ0v) is 9.38. The van der Waals surface area contributed by atoms with Gasteiger partial charge in [0, 0.05) is 18.9 Å². The number of unbranched alkanes of at least 4 members (excludes halogenated alkanes) is 1. The van der Waals surface area contributed by atoms with Gasteiger partial charge in [0.25, 0.3) is 5.56 Å². The molecule has 0 bridgehead atoms. The van der Waals surface area contributed by atoms with Crippen molar-refractivity contribution in [3.8, 4) is 0 Å². The van der Waals surface area contributed by atoms with Gasteiger partial charge in [0.2, 0.25) is 0 Å². The molecule has 1 aromatic rings. The smallest absolute Gasteiger partial charge is 0.283 e. The standard InChI is InChI=1S/C9H14N4OS/c1-2-3-5-13-6-4-12-7(8(13)14)15-9(10)11/h4,6H,2-3,5H2,1H3,(H3,10,11). The van der Waals surface area contributed by atoms with E-state index in [1.54, 1.807) is 17.0 Å². The van der Waals surface area contributed by atoms with Crippen molar-refractivity contribution < 1.29 is 0 Å². The summed E-state index contributed by atoms with van der Waals surface area (Å²) in [5.74, 6) is 0. The van der Waals surface area contributed by atoms with Crippen LogP contribution in [0.5, 0.6) is 0 Å². The molecule has 1 heterocycles. The molecular weight excluding hydrogens is 212 g/mol. The van der Waals surface area contributed by atoms with Crippen molar-refractivity contribution in [1.82, 2.24) is 9.55 Å². The number of amidine groups is 1. The Morgan fingerprint density at radius 3 is 3.07 bits per heavy atom. The van der Waals surface area contributed by atoms with E-state index in [2.05, 4.69) is 11.9 Å². The summed E-state index contributed by atoms with van der Waals surface area (Å²) >= 11 is 0.889. The molecule has 0 amide bonds. The Balaban J connectivity index is 2.90. The van der Waals surface area contributed by atoms with Gasteiger partial charge in [0.05, 0.1) is 0 Å². The van der Waals surface area contributed by atoms with Crippen molar-refractivity contribution >= 4 is 16.9 Å². The third kappa shape index (κ3) is 3.39. The summed E-state index contributed by atoms with van der Waals surface area (Å²) < 4.78 is 1.60. The van der Waals surface area contributed by atoms with E-state index in [-0.39, 0.29) is 15.8 Å². The van der Waals surface area contributed by atoms with E-state index in [0.29, 0.717) is 6.54 Å². The van der Waals surface area contributed by atoms with E-state index in [1.807, 2.05) is 0 Å². The number of hydrogen-bond acceptors (Lipinski definition) is 4. The summed E-state index contributed by atoms with van der Waals surface area (Å²) in [6.07, 6.45) is 5.20. The predicted octanol–water partition coefficient (Wildman–Crippen LogP) is 1.03. The number of aromatic nitrogens is 2. The maximum Gasteiger partial charge on any atom is 0.283 e. The minimum atomic E-state index is -0.175. The van der Waals surface area contributed by atoms with Gasteiger partial charge in [0.1, 0.15) is 0 Å². The Morgan fingerprint density at radius 2 is 2.47 bits per heavy atom. The molecule has 1 aromatic heterocycles. The fraction of sp³-hybridized carbons (Fsp3) is 0.444. The predicted molar refractivity (Wildman–Crippen MR) is 61.2 cm³/mol.